The molecule has 0 aliphatic rings. The third kappa shape index (κ3) is 4.07. The van der Waals surface area contributed by atoms with Crippen molar-refractivity contribution < 1.29 is 4.21 Å². The Hall–Kier alpha value is -2.72. The van der Waals surface area contributed by atoms with Gasteiger partial charge in [-0.1, -0.05) is 68.4 Å². The van der Waals surface area contributed by atoms with Crippen molar-refractivity contribution in [2.45, 2.75) is 26.2 Å². The normalized spacial score (nSPS) is 13.0. The zero-order valence-electron chi connectivity index (χ0n) is 16.5. The fourth-order valence-corrected chi connectivity index (χ4v) is 4.13. The third-order valence-electron chi connectivity index (χ3n) is 4.97. The predicted molar refractivity (Wildman–Crippen MR) is 120 cm³/mol. The van der Waals surface area contributed by atoms with Crippen LogP contribution in [0.4, 0.5) is 0 Å². The van der Waals surface area contributed by atoms with Gasteiger partial charge in [-0.2, -0.15) is 0 Å². The van der Waals surface area contributed by atoms with Crippen LogP contribution in [0.25, 0.3) is 21.8 Å². The van der Waals surface area contributed by atoms with Gasteiger partial charge in [0.05, 0.1) is 11.0 Å². The summed E-state index contributed by atoms with van der Waals surface area (Å²) in [6.07, 6.45) is 2.84. The largest absolute Gasteiger partial charge is 0.288 e. The standard InChI is InChI=1S/C14H11NO2S.C10H14/c1-18(17)15-12-8-4-2-6-10(12)14(16)11-7-3-5-9-13(11)15;1-3-9(2)10-7-5-4-6-8-10/h2-9H,1H3;4-9H,3H2,1-2H3. The summed E-state index contributed by atoms with van der Waals surface area (Å²) in [6.45, 7) is 4.48. The summed E-state index contributed by atoms with van der Waals surface area (Å²) in [4.78, 5) is 12.4. The quantitative estimate of drug-likeness (QED) is 0.433. The van der Waals surface area contributed by atoms with Crippen molar-refractivity contribution >= 4 is 32.8 Å². The maximum Gasteiger partial charge on any atom is 0.197 e. The van der Waals surface area contributed by atoms with Gasteiger partial charge in [0.1, 0.15) is 11.0 Å². The first-order chi connectivity index (χ1) is 13.5. The SMILES string of the molecule is CCC(C)c1ccccc1.CS(=O)n1c2ccccc2c(=O)c2ccccc21. The van der Waals surface area contributed by atoms with Gasteiger partial charge in [0.15, 0.2) is 5.43 Å². The molecule has 28 heavy (non-hydrogen) atoms. The Balaban J connectivity index is 0.000000192. The number of hydrogen-bond donors (Lipinski definition) is 0. The lowest BCUT2D eigenvalue weighted by molar-refractivity contribution is 0.683. The van der Waals surface area contributed by atoms with E-state index in [1.54, 1.807) is 22.4 Å². The van der Waals surface area contributed by atoms with E-state index in [4.69, 9.17) is 0 Å². The second kappa shape index (κ2) is 8.98. The lowest BCUT2D eigenvalue weighted by Gasteiger charge is -2.11. The molecule has 0 N–H and O–H groups in total. The van der Waals surface area contributed by atoms with Crippen LogP contribution in [0.3, 0.4) is 0 Å². The number of aromatic nitrogens is 1. The van der Waals surface area contributed by atoms with E-state index < -0.39 is 11.0 Å². The van der Waals surface area contributed by atoms with Crippen molar-refractivity contribution in [3.8, 4) is 0 Å². The van der Waals surface area contributed by atoms with E-state index in [1.807, 2.05) is 36.4 Å². The van der Waals surface area contributed by atoms with Gasteiger partial charge in [0.25, 0.3) is 0 Å². The number of rotatable bonds is 3. The first-order valence-corrected chi connectivity index (χ1v) is 11.0. The first kappa shape index (κ1) is 20.0. The summed E-state index contributed by atoms with van der Waals surface area (Å²) in [7, 11) is -1.21. The molecule has 1 aromatic heterocycles. The number of pyridine rings is 1. The average Bonchev–Trinajstić information content (AvgIpc) is 2.74. The van der Waals surface area contributed by atoms with Crippen LogP contribution >= 0.6 is 0 Å². The molecule has 0 aliphatic heterocycles. The molecule has 0 aliphatic carbocycles. The fourth-order valence-electron chi connectivity index (χ4n) is 3.25. The van der Waals surface area contributed by atoms with Crippen LogP contribution in [0, 0.1) is 0 Å². The van der Waals surface area contributed by atoms with Crippen molar-refractivity contribution in [2.24, 2.45) is 0 Å². The first-order valence-electron chi connectivity index (χ1n) is 9.46. The van der Waals surface area contributed by atoms with Crippen molar-refractivity contribution in [3.05, 3.63) is 94.6 Å². The van der Waals surface area contributed by atoms with Crippen molar-refractivity contribution in [2.75, 3.05) is 6.26 Å². The predicted octanol–water partition coefficient (Wildman–Crippen LogP) is 5.50. The minimum Gasteiger partial charge on any atom is -0.288 e. The van der Waals surface area contributed by atoms with Gasteiger partial charge in [-0.25, -0.2) is 4.21 Å². The third-order valence-corrected chi connectivity index (χ3v) is 5.88. The lowest BCUT2D eigenvalue weighted by atomic mass is 9.99. The van der Waals surface area contributed by atoms with Crippen LogP contribution in [0.2, 0.25) is 0 Å². The summed E-state index contributed by atoms with van der Waals surface area (Å²) < 4.78 is 13.7. The van der Waals surface area contributed by atoms with E-state index in [9.17, 15) is 9.00 Å². The van der Waals surface area contributed by atoms with Gasteiger partial charge < -0.3 is 0 Å². The Morgan fingerprint density at radius 1 is 0.821 bits per heavy atom. The molecular formula is C24H25NO2S. The van der Waals surface area contributed by atoms with Crippen LogP contribution in [-0.4, -0.2) is 14.4 Å². The zero-order chi connectivity index (χ0) is 20.1. The number of nitrogens with zero attached hydrogens (tertiary/aromatic N) is 1. The highest BCUT2D eigenvalue weighted by atomic mass is 32.2. The Morgan fingerprint density at radius 2 is 1.29 bits per heavy atom. The Bertz CT molecular complexity index is 1110. The number of hydrogen-bond acceptors (Lipinski definition) is 2. The second-order valence-electron chi connectivity index (χ2n) is 6.80. The summed E-state index contributed by atoms with van der Waals surface area (Å²) in [5.74, 6) is 0.709. The van der Waals surface area contributed by atoms with Crippen molar-refractivity contribution in [1.29, 1.82) is 0 Å². The minimum absolute atomic E-state index is 0.0112. The molecule has 2 unspecified atom stereocenters. The molecule has 144 valence electrons. The van der Waals surface area contributed by atoms with E-state index in [-0.39, 0.29) is 5.43 Å². The molecule has 3 nitrogen and oxygen atoms in total. The maximum absolute atomic E-state index is 12.4. The number of benzene rings is 3. The van der Waals surface area contributed by atoms with Gasteiger partial charge in [-0.05, 0) is 42.2 Å². The Morgan fingerprint density at radius 3 is 1.75 bits per heavy atom. The molecule has 4 heteroatoms. The molecule has 0 amide bonds. The molecule has 4 aromatic rings. The molecule has 0 saturated heterocycles. The minimum atomic E-state index is -1.21. The van der Waals surface area contributed by atoms with Crippen LogP contribution in [0.15, 0.2) is 83.7 Å². The summed E-state index contributed by atoms with van der Waals surface area (Å²) in [6, 6.07) is 25.2. The van der Waals surface area contributed by atoms with E-state index >= 15 is 0 Å². The number of para-hydroxylation sites is 2. The number of fused-ring (bicyclic) bond motifs is 2. The van der Waals surface area contributed by atoms with Gasteiger partial charge in [-0.15, -0.1) is 0 Å². The molecule has 2 atom stereocenters. The molecule has 3 aromatic carbocycles. The molecule has 0 saturated carbocycles. The fraction of sp³-hybridized carbons (Fsp3) is 0.208. The summed E-state index contributed by atoms with van der Waals surface area (Å²) >= 11 is 0. The van der Waals surface area contributed by atoms with Crippen LogP contribution < -0.4 is 5.43 Å². The molecule has 0 fully saturated rings. The summed E-state index contributed by atoms with van der Waals surface area (Å²) in [5.41, 5.74) is 2.86. The summed E-state index contributed by atoms with van der Waals surface area (Å²) in [5, 5.41) is 1.21. The monoisotopic (exact) mass is 391 g/mol. The highest BCUT2D eigenvalue weighted by Gasteiger charge is 2.11. The second-order valence-corrected chi connectivity index (χ2v) is 8.01. The molecule has 4 rings (SSSR count). The van der Waals surface area contributed by atoms with Crippen LogP contribution in [0.1, 0.15) is 31.7 Å². The van der Waals surface area contributed by atoms with E-state index in [0.29, 0.717) is 27.7 Å². The van der Waals surface area contributed by atoms with E-state index in [1.165, 1.54) is 12.0 Å². The highest BCUT2D eigenvalue weighted by molar-refractivity contribution is 7.83. The topological polar surface area (TPSA) is 39.1 Å². The molecule has 0 spiro atoms. The van der Waals surface area contributed by atoms with Crippen LogP contribution in [0.5, 0.6) is 0 Å². The maximum atomic E-state index is 12.4. The van der Waals surface area contributed by atoms with Crippen LogP contribution in [-0.2, 0) is 11.0 Å². The lowest BCUT2D eigenvalue weighted by Crippen LogP contribution is -2.13. The Kier molecular flexibility index (Phi) is 6.42. The van der Waals surface area contributed by atoms with Crippen molar-refractivity contribution in [3.63, 3.8) is 0 Å². The molecule has 0 bridgehead atoms. The highest BCUT2D eigenvalue weighted by Crippen LogP contribution is 2.19. The van der Waals surface area contributed by atoms with E-state index in [2.05, 4.69) is 44.2 Å². The molecule has 0 radical (unpaired) electrons. The van der Waals surface area contributed by atoms with Gasteiger partial charge in [0.2, 0.25) is 0 Å². The van der Waals surface area contributed by atoms with Crippen molar-refractivity contribution in [1.82, 2.24) is 3.97 Å². The smallest absolute Gasteiger partial charge is 0.197 e. The molecular weight excluding hydrogens is 366 g/mol. The Labute approximate surface area is 168 Å². The zero-order valence-corrected chi connectivity index (χ0v) is 17.3. The van der Waals surface area contributed by atoms with E-state index in [0.717, 1.165) is 0 Å². The molecule has 1 heterocycles. The van der Waals surface area contributed by atoms with Gasteiger partial charge in [0, 0.05) is 17.0 Å². The van der Waals surface area contributed by atoms with Gasteiger partial charge in [-0.3, -0.25) is 8.77 Å². The average molecular weight is 392 g/mol. The van der Waals surface area contributed by atoms with Gasteiger partial charge >= 0.3 is 0 Å².